The first-order valence-electron chi connectivity index (χ1n) is 3.05. The smallest absolute Gasteiger partial charge is 1.00 e. The van der Waals surface area contributed by atoms with E-state index in [1.807, 2.05) is 30.3 Å². The average Bonchev–Trinajstić information content (AvgIpc) is 1.91. The maximum Gasteiger partial charge on any atom is 2.00 e. The molecule has 0 atom stereocenters. The van der Waals surface area contributed by atoms with Gasteiger partial charge in [-0.15, -0.1) is 6.61 Å². The molecule has 0 fully saturated rings. The molecule has 0 aliphatic heterocycles. The quantitative estimate of drug-likeness (QED) is 0.499. The Hall–Kier alpha value is 0.426. The molecule has 1 aromatic carbocycles. The van der Waals surface area contributed by atoms with Crippen LogP contribution in [0.25, 0.3) is 0 Å². The maximum atomic E-state index is 10.1. The van der Waals surface area contributed by atoms with Crippen molar-refractivity contribution in [1.82, 2.24) is 0 Å². The largest absolute Gasteiger partial charge is 2.00 e. The van der Waals surface area contributed by atoms with Gasteiger partial charge in [0.1, 0.15) is 0 Å². The Balaban J connectivity index is 0. The van der Waals surface area contributed by atoms with Crippen molar-refractivity contribution in [2.75, 3.05) is 6.61 Å². The summed E-state index contributed by atoms with van der Waals surface area (Å²) in [5, 5.41) is 10.1. The van der Waals surface area contributed by atoms with E-state index in [0.717, 1.165) is 5.56 Å². The normalized spacial score (nSPS) is 7.73. The zero-order valence-corrected chi connectivity index (χ0v) is 9.29. The van der Waals surface area contributed by atoms with Gasteiger partial charge in [0.15, 0.2) is 0 Å². The van der Waals surface area contributed by atoms with Gasteiger partial charge in [-0.3, -0.25) is 0 Å². The summed E-state index contributed by atoms with van der Waals surface area (Å²) in [7, 11) is 0. The maximum absolute atomic E-state index is 10.1. The van der Waals surface area contributed by atoms with Crippen LogP contribution in [-0.2, 0) is 6.42 Å². The minimum atomic E-state index is -0.00991. The first-order chi connectivity index (χ1) is 4.43. The van der Waals surface area contributed by atoms with Crippen LogP contribution < -0.4 is 22.1 Å². The molecule has 0 amide bonds. The molecule has 0 aromatic heterocycles. The van der Waals surface area contributed by atoms with Gasteiger partial charge in [-0.1, -0.05) is 30.3 Å². The van der Waals surface area contributed by atoms with E-state index in [4.69, 9.17) is 0 Å². The Morgan fingerprint density at radius 3 is 2.09 bits per heavy atom. The zero-order valence-electron chi connectivity index (χ0n) is 6.29. The van der Waals surface area contributed by atoms with Crippen molar-refractivity contribution in [1.29, 1.82) is 0 Å². The number of benzene rings is 1. The van der Waals surface area contributed by atoms with E-state index >= 15 is 0 Å². The van der Waals surface area contributed by atoms with Crippen LogP contribution in [0.2, 0.25) is 0 Å². The fourth-order valence-corrected chi connectivity index (χ4v) is 0.763. The van der Waals surface area contributed by atoms with Crippen molar-refractivity contribution < 1.29 is 22.1 Å². The van der Waals surface area contributed by atoms with Gasteiger partial charge in [0.2, 0.25) is 0 Å². The van der Waals surface area contributed by atoms with Gasteiger partial charge in [-0.2, -0.15) is 0 Å². The molecule has 0 aliphatic carbocycles. The fourth-order valence-electron chi connectivity index (χ4n) is 0.763. The summed E-state index contributed by atoms with van der Waals surface area (Å²) in [5.41, 5.74) is 1.13. The predicted molar refractivity (Wildman–Crippen MR) is 40.8 cm³/mol. The Morgan fingerprint density at radius 1 is 1.09 bits per heavy atom. The van der Waals surface area contributed by atoms with E-state index in [9.17, 15) is 5.11 Å². The van der Waals surface area contributed by atoms with Crippen LogP contribution in [-0.4, -0.2) is 29.7 Å². The third kappa shape index (κ3) is 5.67. The molecule has 0 radical (unpaired) electrons. The van der Waals surface area contributed by atoms with Crippen molar-refractivity contribution in [3.05, 3.63) is 35.9 Å². The van der Waals surface area contributed by atoms with Crippen LogP contribution in [0.3, 0.4) is 0 Å². The second-order valence-corrected chi connectivity index (χ2v) is 1.94. The van der Waals surface area contributed by atoms with Gasteiger partial charge in [0.25, 0.3) is 0 Å². The number of hydrogen-bond acceptors (Lipinski definition) is 1. The summed E-state index contributed by atoms with van der Waals surface area (Å²) in [5.74, 6) is 0. The molecule has 0 aliphatic rings. The molecular weight excluding hydrogens is 216 g/mol. The van der Waals surface area contributed by atoms with Gasteiger partial charge >= 0.3 is 23.1 Å². The predicted octanol–water partition coefficient (Wildman–Crippen LogP) is -2.79. The Kier molecular flexibility index (Phi) is 10.8. The SMILES string of the molecule is [Br-].[Mg+2].[O-]CCc1ccccc1. The standard InChI is InChI=1S/C8H9O.BrH.Mg/c9-7-6-8-4-2-1-3-5-8;;/h1-5H,6-7H2;1H;/q-1;;+2/p-1. The molecule has 1 aromatic rings. The molecule has 0 unspecified atom stereocenters. The second kappa shape index (κ2) is 8.52. The monoisotopic (exact) mass is 224 g/mol. The van der Waals surface area contributed by atoms with Crippen molar-refractivity contribution in [2.24, 2.45) is 0 Å². The van der Waals surface area contributed by atoms with Crippen molar-refractivity contribution in [2.45, 2.75) is 6.42 Å². The Bertz CT molecular complexity index is 167. The molecule has 0 heterocycles. The van der Waals surface area contributed by atoms with E-state index in [2.05, 4.69) is 0 Å². The summed E-state index contributed by atoms with van der Waals surface area (Å²) in [4.78, 5) is 0. The van der Waals surface area contributed by atoms with E-state index < -0.39 is 0 Å². The third-order valence-corrected chi connectivity index (χ3v) is 1.23. The molecule has 1 rings (SSSR count). The van der Waals surface area contributed by atoms with Crippen molar-refractivity contribution in [3.8, 4) is 0 Å². The first-order valence-corrected chi connectivity index (χ1v) is 3.05. The molecular formula is C8H9BrMgO. The molecule has 3 heteroatoms. The molecule has 0 saturated heterocycles. The molecule has 0 spiro atoms. The van der Waals surface area contributed by atoms with Crippen LogP contribution in [0.5, 0.6) is 0 Å². The Morgan fingerprint density at radius 2 is 1.64 bits per heavy atom. The van der Waals surface area contributed by atoms with E-state index in [0.29, 0.717) is 6.42 Å². The topological polar surface area (TPSA) is 23.1 Å². The van der Waals surface area contributed by atoms with Crippen LogP contribution in [0.1, 0.15) is 5.56 Å². The number of rotatable bonds is 2. The van der Waals surface area contributed by atoms with E-state index in [-0.39, 0.29) is 46.6 Å². The molecule has 0 saturated carbocycles. The second-order valence-electron chi connectivity index (χ2n) is 1.94. The minimum absolute atomic E-state index is 0. The zero-order chi connectivity index (χ0) is 6.53. The van der Waals surface area contributed by atoms with Crippen LogP contribution in [0.4, 0.5) is 0 Å². The first kappa shape index (κ1) is 14.0. The molecule has 1 nitrogen and oxygen atoms in total. The van der Waals surface area contributed by atoms with Crippen molar-refractivity contribution >= 4 is 23.1 Å². The summed E-state index contributed by atoms with van der Waals surface area (Å²) < 4.78 is 0. The summed E-state index contributed by atoms with van der Waals surface area (Å²) in [6, 6.07) is 9.79. The Labute approximate surface area is 93.7 Å². The number of hydrogen-bond donors (Lipinski definition) is 0. The van der Waals surface area contributed by atoms with Gasteiger partial charge in [0.05, 0.1) is 0 Å². The summed E-state index contributed by atoms with van der Waals surface area (Å²) in [6.45, 7) is -0.00991. The average molecular weight is 225 g/mol. The molecule has 0 N–H and O–H groups in total. The van der Waals surface area contributed by atoms with Gasteiger partial charge in [0, 0.05) is 0 Å². The van der Waals surface area contributed by atoms with Crippen LogP contribution >= 0.6 is 0 Å². The van der Waals surface area contributed by atoms with E-state index in [1.165, 1.54) is 0 Å². The van der Waals surface area contributed by atoms with Gasteiger partial charge < -0.3 is 22.1 Å². The van der Waals surface area contributed by atoms with Crippen LogP contribution in [0, 0.1) is 0 Å². The van der Waals surface area contributed by atoms with Gasteiger partial charge in [-0.25, -0.2) is 0 Å². The minimum Gasteiger partial charge on any atom is -1.00 e. The van der Waals surface area contributed by atoms with E-state index in [1.54, 1.807) is 0 Å². The third-order valence-electron chi connectivity index (χ3n) is 1.23. The number of halogens is 1. The molecule has 0 bridgehead atoms. The molecule has 11 heavy (non-hydrogen) atoms. The fraction of sp³-hybridized carbons (Fsp3) is 0.250. The summed E-state index contributed by atoms with van der Waals surface area (Å²) in [6.07, 6.45) is 0.654. The van der Waals surface area contributed by atoms with Gasteiger partial charge in [-0.05, 0) is 12.0 Å². The summed E-state index contributed by atoms with van der Waals surface area (Å²) >= 11 is 0. The van der Waals surface area contributed by atoms with Crippen molar-refractivity contribution in [3.63, 3.8) is 0 Å². The van der Waals surface area contributed by atoms with Crippen LogP contribution in [0.15, 0.2) is 30.3 Å². The molecule has 56 valence electrons.